The zero-order chi connectivity index (χ0) is 14.0. The number of carboxylic acid groups (broad SMARTS) is 1. The number of amides is 1. The first-order valence-corrected chi connectivity index (χ1v) is 6.23. The molecule has 0 bridgehead atoms. The van der Waals surface area contributed by atoms with Crippen LogP contribution in [-0.4, -0.2) is 35.0 Å². The Hall–Kier alpha value is -2.04. The molecule has 2 rings (SSSR count). The highest BCUT2D eigenvalue weighted by molar-refractivity contribution is 5.92. The van der Waals surface area contributed by atoms with E-state index in [1.54, 1.807) is 17.0 Å². The number of carboxylic acids is 1. The van der Waals surface area contributed by atoms with Crippen molar-refractivity contribution in [2.75, 3.05) is 13.1 Å². The lowest BCUT2D eigenvalue weighted by molar-refractivity contribution is -0.142. The fraction of sp³-hybridized carbons (Fsp3) is 0.429. The van der Waals surface area contributed by atoms with Gasteiger partial charge in [0, 0.05) is 19.2 Å². The van der Waals surface area contributed by atoms with Crippen LogP contribution in [0.5, 0.6) is 0 Å². The van der Waals surface area contributed by atoms with Gasteiger partial charge in [-0.15, -0.1) is 0 Å². The highest BCUT2D eigenvalue weighted by Gasteiger charge is 2.36. The van der Waals surface area contributed by atoms with Crippen molar-refractivity contribution < 1.29 is 19.1 Å². The number of furan rings is 1. The van der Waals surface area contributed by atoms with Crippen molar-refractivity contribution in [2.45, 2.75) is 13.8 Å². The smallest absolute Gasteiger partial charge is 0.308 e. The standard InChI is InChI=1S/C14H17NO4/c1-9-7-15(8-12(9)14(17)18)13(16)6-5-11-4-3-10(2)19-11/h3-6,9,12H,7-8H2,1-2H3,(H,17,18). The summed E-state index contributed by atoms with van der Waals surface area (Å²) in [5.41, 5.74) is 0. The van der Waals surface area contributed by atoms with Gasteiger partial charge in [-0.2, -0.15) is 0 Å². The van der Waals surface area contributed by atoms with Crippen LogP contribution in [0.25, 0.3) is 6.08 Å². The van der Waals surface area contributed by atoms with Crippen molar-refractivity contribution in [3.8, 4) is 0 Å². The predicted molar refractivity (Wildman–Crippen MR) is 69.3 cm³/mol. The Balaban J connectivity index is 1.98. The number of carbonyl (C=O) groups is 2. The molecule has 1 aromatic heterocycles. The summed E-state index contributed by atoms with van der Waals surface area (Å²) in [4.78, 5) is 24.5. The minimum atomic E-state index is -0.839. The Kier molecular flexibility index (Phi) is 3.74. The second-order valence-corrected chi connectivity index (χ2v) is 4.95. The van der Waals surface area contributed by atoms with Gasteiger partial charge in [0.25, 0.3) is 0 Å². The molecule has 0 radical (unpaired) electrons. The summed E-state index contributed by atoms with van der Waals surface area (Å²) in [6.07, 6.45) is 3.03. The second-order valence-electron chi connectivity index (χ2n) is 4.95. The van der Waals surface area contributed by atoms with E-state index in [1.807, 2.05) is 19.9 Å². The van der Waals surface area contributed by atoms with Gasteiger partial charge in [-0.3, -0.25) is 9.59 Å². The van der Waals surface area contributed by atoms with Gasteiger partial charge in [0.2, 0.25) is 5.91 Å². The van der Waals surface area contributed by atoms with Gasteiger partial charge in [-0.25, -0.2) is 0 Å². The number of hydrogen-bond donors (Lipinski definition) is 1. The van der Waals surface area contributed by atoms with E-state index >= 15 is 0 Å². The van der Waals surface area contributed by atoms with Crippen LogP contribution in [0.2, 0.25) is 0 Å². The van der Waals surface area contributed by atoms with Gasteiger partial charge in [0.1, 0.15) is 11.5 Å². The van der Waals surface area contributed by atoms with Crippen molar-refractivity contribution >= 4 is 18.0 Å². The van der Waals surface area contributed by atoms with E-state index in [2.05, 4.69) is 0 Å². The molecule has 5 heteroatoms. The number of aliphatic carboxylic acids is 1. The number of aryl methyl sites for hydroxylation is 1. The van der Waals surface area contributed by atoms with Gasteiger partial charge < -0.3 is 14.4 Å². The molecule has 19 heavy (non-hydrogen) atoms. The van der Waals surface area contributed by atoms with E-state index in [1.165, 1.54) is 6.08 Å². The largest absolute Gasteiger partial charge is 0.481 e. The number of likely N-dealkylation sites (tertiary alicyclic amines) is 1. The molecule has 1 fully saturated rings. The molecule has 1 saturated heterocycles. The summed E-state index contributed by atoms with van der Waals surface area (Å²) in [7, 11) is 0. The van der Waals surface area contributed by atoms with Gasteiger partial charge in [0.05, 0.1) is 5.92 Å². The monoisotopic (exact) mass is 263 g/mol. The fourth-order valence-corrected chi connectivity index (χ4v) is 2.27. The quantitative estimate of drug-likeness (QED) is 0.844. The molecule has 1 aliphatic heterocycles. The molecule has 2 atom stereocenters. The highest BCUT2D eigenvalue weighted by Crippen LogP contribution is 2.23. The van der Waals surface area contributed by atoms with E-state index in [0.29, 0.717) is 12.3 Å². The molecule has 0 saturated carbocycles. The Labute approximate surface area is 111 Å². The van der Waals surface area contributed by atoms with Crippen molar-refractivity contribution in [2.24, 2.45) is 11.8 Å². The topological polar surface area (TPSA) is 70.8 Å². The van der Waals surface area contributed by atoms with Crippen molar-refractivity contribution in [1.82, 2.24) is 4.90 Å². The zero-order valence-corrected chi connectivity index (χ0v) is 11.0. The SMILES string of the molecule is Cc1ccc(C=CC(=O)N2CC(C)C(C(=O)O)C2)o1. The van der Waals surface area contributed by atoms with Crippen LogP contribution in [0.15, 0.2) is 22.6 Å². The maximum atomic E-state index is 11.9. The maximum absolute atomic E-state index is 11.9. The Morgan fingerprint density at radius 1 is 1.42 bits per heavy atom. The molecule has 2 heterocycles. The lowest BCUT2D eigenvalue weighted by Crippen LogP contribution is -2.28. The molecule has 102 valence electrons. The highest BCUT2D eigenvalue weighted by atomic mass is 16.4. The van der Waals surface area contributed by atoms with Crippen LogP contribution in [0.4, 0.5) is 0 Å². The van der Waals surface area contributed by atoms with E-state index in [4.69, 9.17) is 9.52 Å². The average Bonchev–Trinajstić information content (AvgIpc) is 2.92. The fourth-order valence-electron chi connectivity index (χ4n) is 2.27. The first-order valence-electron chi connectivity index (χ1n) is 6.23. The van der Waals surface area contributed by atoms with Crippen LogP contribution in [0.3, 0.4) is 0 Å². The molecule has 2 unspecified atom stereocenters. The summed E-state index contributed by atoms with van der Waals surface area (Å²) in [6, 6.07) is 3.61. The van der Waals surface area contributed by atoms with E-state index in [9.17, 15) is 9.59 Å². The Bertz CT molecular complexity index is 517. The molecule has 1 amide bonds. The summed E-state index contributed by atoms with van der Waals surface area (Å²) in [6.45, 7) is 4.44. The van der Waals surface area contributed by atoms with E-state index in [0.717, 1.165) is 5.76 Å². The summed E-state index contributed by atoms with van der Waals surface area (Å²) < 4.78 is 5.33. The number of hydrogen-bond acceptors (Lipinski definition) is 3. The molecule has 0 aliphatic carbocycles. The number of nitrogens with zero attached hydrogens (tertiary/aromatic N) is 1. The van der Waals surface area contributed by atoms with Crippen molar-refractivity contribution in [3.05, 3.63) is 29.7 Å². The predicted octanol–water partition coefficient (Wildman–Crippen LogP) is 1.78. The zero-order valence-electron chi connectivity index (χ0n) is 11.0. The average molecular weight is 263 g/mol. The van der Waals surface area contributed by atoms with Gasteiger partial charge >= 0.3 is 5.97 Å². The van der Waals surface area contributed by atoms with Gasteiger partial charge in [0.15, 0.2) is 0 Å². The van der Waals surface area contributed by atoms with Crippen LogP contribution >= 0.6 is 0 Å². The number of rotatable bonds is 3. The molecule has 0 aromatic carbocycles. The van der Waals surface area contributed by atoms with E-state index < -0.39 is 11.9 Å². The van der Waals surface area contributed by atoms with Gasteiger partial charge in [-0.1, -0.05) is 6.92 Å². The third-order valence-electron chi connectivity index (χ3n) is 3.39. The van der Waals surface area contributed by atoms with Crippen LogP contribution in [0, 0.1) is 18.8 Å². The molecular formula is C14H17NO4. The third-order valence-corrected chi connectivity index (χ3v) is 3.39. The molecule has 1 aromatic rings. The third kappa shape index (κ3) is 3.05. The summed E-state index contributed by atoms with van der Waals surface area (Å²) >= 11 is 0. The van der Waals surface area contributed by atoms with E-state index in [-0.39, 0.29) is 18.4 Å². The maximum Gasteiger partial charge on any atom is 0.308 e. The summed E-state index contributed by atoms with van der Waals surface area (Å²) in [5.74, 6) is -0.0947. The Morgan fingerprint density at radius 2 is 2.16 bits per heavy atom. The molecule has 1 N–H and O–H groups in total. The lowest BCUT2D eigenvalue weighted by atomic mass is 9.99. The van der Waals surface area contributed by atoms with Crippen LogP contribution in [0.1, 0.15) is 18.4 Å². The first kappa shape index (κ1) is 13.4. The minimum Gasteiger partial charge on any atom is -0.481 e. The lowest BCUT2D eigenvalue weighted by Gasteiger charge is -2.12. The Morgan fingerprint density at radius 3 is 2.68 bits per heavy atom. The first-order chi connectivity index (χ1) is 8.97. The van der Waals surface area contributed by atoms with Crippen molar-refractivity contribution in [1.29, 1.82) is 0 Å². The number of carbonyl (C=O) groups excluding carboxylic acids is 1. The van der Waals surface area contributed by atoms with Crippen molar-refractivity contribution in [3.63, 3.8) is 0 Å². The van der Waals surface area contributed by atoms with Crippen LogP contribution < -0.4 is 0 Å². The van der Waals surface area contributed by atoms with Crippen LogP contribution in [-0.2, 0) is 9.59 Å². The second kappa shape index (κ2) is 5.30. The normalized spacial score (nSPS) is 23.2. The van der Waals surface area contributed by atoms with Gasteiger partial charge in [-0.05, 0) is 31.1 Å². The molecule has 5 nitrogen and oxygen atoms in total. The molecular weight excluding hydrogens is 246 g/mol. The molecule has 1 aliphatic rings. The minimum absolute atomic E-state index is 0.0132. The molecule has 0 spiro atoms. The summed E-state index contributed by atoms with van der Waals surface area (Å²) in [5, 5.41) is 9.02.